The highest BCUT2D eigenvalue weighted by Gasteiger charge is 2.40. The molecule has 0 unspecified atom stereocenters. The Bertz CT molecular complexity index is 304. The van der Waals surface area contributed by atoms with E-state index in [9.17, 15) is 4.79 Å². The molecule has 2 rings (SSSR count). The van der Waals surface area contributed by atoms with Crippen molar-refractivity contribution in [3.8, 4) is 0 Å². The third kappa shape index (κ3) is 1.30. The largest absolute Gasteiger partial charge is 0.343 e. The van der Waals surface area contributed by atoms with Gasteiger partial charge in [0.25, 0.3) is 0 Å². The molecule has 0 saturated carbocycles. The molecule has 0 aliphatic carbocycles. The van der Waals surface area contributed by atoms with Gasteiger partial charge in [0.2, 0.25) is 6.41 Å². The Morgan fingerprint density at radius 2 is 2.31 bits per heavy atom. The fourth-order valence-corrected chi connectivity index (χ4v) is 1.81. The number of aromatic nitrogens is 1. The van der Waals surface area contributed by atoms with E-state index in [0.717, 1.165) is 25.2 Å². The molecule has 1 fully saturated rings. The van der Waals surface area contributed by atoms with E-state index < -0.39 is 0 Å². The molecule has 1 saturated heterocycles. The lowest BCUT2D eigenvalue weighted by molar-refractivity contribution is -0.124. The van der Waals surface area contributed by atoms with Crippen LogP contribution in [0.15, 0.2) is 24.4 Å². The Balaban J connectivity index is 2.15. The summed E-state index contributed by atoms with van der Waals surface area (Å²) in [6.07, 6.45) is 2.69. The molecule has 1 aliphatic heterocycles. The first-order valence-corrected chi connectivity index (χ1v) is 4.35. The van der Waals surface area contributed by atoms with E-state index in [2.05, 4.69) is 11.9 Å². The van der Waals surface area contributed by atoms with E-state index in [1.807, 2.05) is 18.2 Å². The first-order valence-electron chi connectivity index (χ1n) is 4.35. The van der Waals surface area contributed by atoms with Gasteiger partial charge in [-0.15, -0.1) is 0 Å². The zero-order valence-electron chi connectivity index (χ0n) is 7.60. The summed E-state index contributed by atoms with van der Waals surface area (Å²) in [5, 5.41) is 0. The van der Waals surface area contributed by atoms with Gasteiger partial charge >= 0.3 is 0 Å². The number of carbonyl (C=O) groups is 1. The fraction of sp³-hybridized carbons (Fsp3) is 0.400. The van der Waals surface area contributed by atoms with Gasteiger partial charge in [0.15, 0.2) is 0 Å². The summed E-state index contributed by atoms with van der Waals surface area (Å²) in [5.41, 5.74) is 1.15. The van der Waals surface area contributed by atoms with Gasteiger partial charge in [-0.1, -0.05) is 13.0 Å². The van der Waals surface area contributed by atoms with E-state index in [1.54, 1.807) is 11.1 Å². The number of pyridine rings is 1. The van der Waals surface area contributed by atoms with E-state index in [0.29, 0.717) is 0 Å². The quantitative estimate of drug-likeness (QED) is 0.625. The molecule has 1 amide bonds. The summed E-state index contributed by atoms with van der Waals surface area (Å²) in [6, 6.07) is 5.91. The summed E-state index contributed by atoms with van der Waals surface area (Å²) >= 11 is 0. The SMILES string of the molecule is CC1(c2ccccn2)CN(C=O)C1. The summed E-state index contributed by atoms with van der Waals surface area (Å²) in [5.74, 6) is 0. The first kappa shape index (κ1) is 8.23. The lowest BCUT2D eigenvalue weighted by Gasteiger charge is -2.45. The maximum atomic E-state index is 10.4. The molecule has 13 heavy (non-hydrogen) atoms. The molecule has 1 aliphatic rings. The number of nitrogens with zero attached hydrogens (tertiary/aromatic N) is 2. The number of hydrogen-bond acceptors (Lipinski definition) is 2. The van der Waals surface area contributed by atoms with Gasteiger partial charge in [-0.3, -0.25) is 9.78 Å². The van der Waals surface area contributed by atoms with Crippen molar-refractivity contribution in [3.63, 3.8) is 0 Å². The van der Waals surface area contributed by atoms with Crippen LogP contribution in [0.1, 0.15) is 12.6 Å². The zero-order chi connectivity index (χ0) is 9.31. The van der Waals surface area contributed by atoms with Gasteiger partial charge in [0.1, 0.15) is 0 Å². The third-order valence-electron chi connectivity index (χ3n) is 2.54. The zero-order valence-corrected chi connectivity index (χ0v) is 7.60. The van der Waals surface area contributed by atoms with Crippen molar-refractivity contribution in [2.75, 3.05) is 13.1 Å². The standard InChI is InChI=1S/C10H12N2O/c1-10(6-12(7-10)8-13)9-4-2-3-5-11-9/h2-5,8H,6-7H2,1H3. The minimum Gasteiger partial charge on any atom is -0.343 e. The minimum absolute atomic E-state index is 0.0716. The highest BCUT2D eigenvalue weighted by molar-refractivity contribution is 5.51. The molecule has 0 N–H and O–H groups in total. The van der Waals surface area contributed by atoms with Crippen molar-refractivity contribution in [1.29, 1.82) is 0 Å². The van der Waals surface area contributed by atoms with E-state index >= 15 is 0 Å². The van der Waals surface area contributed by atoms with Gasteiger partial charge < -0.3 is 4.90 Å². The van der Waals surface area contributed by atoms with Gasteiger partial charge in [0, 0.05) is 30.4 Å². The van der Waals surface area contributed by atoms with Crippen molar-refractivity contribution in [2.45, 2.75) is 12.3 Å². The molecule has 2 heterocycles. The van der Waals surface area contributed by atoms with E-state index in [4.69, 9.17) is 0 Å². The van der Waals surface area contributed by atoms with Crippen LogP contribution in [0.25, 0.3) is 0 Å². The normalized spacial score (nSPS) is 19.3. The molecule has 0 spiro atoms. The Labute approximate surface area is 77.4 Å². The van der Waals surface area contributed by atoms with Crippen molar-refractivity contribution < 1.29 is 4.79 Å². The number of likely N-dealkylation sites (tertiary alicyclic amines) is 1. The topological polar surface area (TPSA) is 33.2 Å². The minimum atomic E-state index is 0.0716. The highest BCUT2D eigenvalue weighted by atomic mass is 16.1. The van der Waals surface area contributed by atoms with E-state index in [1.165, 1.54) is 0 Å². The van der Waals surface area contributed by atoms with Gasteiger partial charge in [-0.05, 0) is 12.1 Å². The first-order chi connectivity index (χ1) is 6.24. The fourth-order valence-electron chi connectivity index (χ4n) is 1.81. The molecular formula is C10H12N2O. The van der Waals surface area contributed by atoms with Crippen LogP contribution >= 0.6 is 0 Å². The molecule has 0 radical (unpaired) electrons. The molecular weight excluding hydrogens is 164 g/mol. The summed E-state index contributed by atoms with van der Waals surface area (Å²) in [7, 11) is 0. The van der Waals surface area contributed by atoms with E-state index in [-0.39, 0.29) is 5.41 Å². The summed E-state index contributed by atoms with van der Waals surface area (Å²) in [4.78, 5) is 16.5. The van der Waals surface area contributed by atoms with Crippen LogP contribution in [0.2, 0.25) is 0 Å². The highest BCUT2D eigenvalue weighted by Crippen LogP contribution is 2.31. The van der Waals surface area contributed by atoms with Crippen LogP contribution in [0.5, 0.6) is 0 Å². The molecule has 0 atom stereocenters. The Morgan fingerprint density at radius 1 is 1.54 bits per heavy atom. The van der Waals surface area contributed by atoms with Crippen LogP contribution in [-0.4, -0.2) is 29.4 Å². The van der Waals surface area contributed by atoms with Gasteiger partial charge in [0.05, 0.1) is 0 Å². The predicted octanol–water partition coefficient (Wildman–Crippen LogP) is 0.811. The Hall–Kier alpha value is -1.38. The van der Waals surface area contributed by atoms with Crippen molar-refractivity contribution in [2.24, 2.45) is 0 Å². The lowest BCUT2D eigenvalue weighted by Crippen LogP contribution is -2.57. The average molecular weight is 176 g/mol. The number of hydrogen-bond donors (Lipinski definition) is 0. The Kier molecular flexibility index (Phi) is 1.79. The van der Waals surface area contributed by atoms with Crippen LogP contribution in [-0.2, 0) is 10.2 Å². The Morgan fingerprint density at radius 3 is 2.85 bits per heavy atom. The molecule has 0 bridgehead atoms. The predicted molar refractivity (Wildman–Crippen MR) is 49.2 cm³/mol. The molecule has 0 aromatic carbocycles. The monoisotopic (exact) mass is 176 g/mol. The lowest BCUT2D eigenvalue weighted by atomic mass is 9.79. The molecule has 1 aromatic rings. The summed E-state index contributed by atoms with van der Waals surface area (Å²) in [6.45, 7) is 3.70. The molecule has 3 heteroatoms. The van der Waals surface area contributed by atoms with Crippen LogP contribution in [0.3, 0.4) is 0 Å². The number of amides is 1. The maximum Gasteiger partial charge on any atom is 0.209 e. The average Bonchev–Trinajstić information content (AvgIpc) is 2.14. The second kappa shape index (κ2) is 2.83. The maximum absolute atomic E-state index is 10.4. The second-order valence-corrected chi connectivity index (χ2v) is 3.79. The third-order valence-corrected chi connectivity index (χ3v) is 2.54. The second-order valence-electron chi connectivity index (χ2n) is 3.79. The number of rotatable bonds is 2. The molecule has 68 valence electrons. The van der Waals surface area contributed by atoms with Gasteiger partial charge in [-0.2, -0.15) is 0 Å². The van der Waals surface area contributed by atoms with Crippen LogP contribution in [0.4, 0.5) is 0 Å². The molecule has 3 nitrogen and oxygen atoms in total. The summed E-state index contributed by atoms with van der Waals surface area (Å²) < 4.78 is 0. The molecule has 1 aromatic heterocycles. The van der Waals surface area contributed by atoms with Crippen molar-refractivity contribution >= 4 is 6.41 Å². The van der Waals surface area contributed by atoms with Crippen molar-refractivity contribution in [1.82, 2.24) is 9.88 Å². The smallest absolute Gasteiger partial charge is 0.209 e. The number of carbonyl (C=O) groups excluding carboxylic acids is 1. The van der Waals surface area contributed by atoms with Gasteiger partial charge in [-0.25, -0.2) is 0 Å². The van der Waals surface area contributed by atoms with Crippen molar-refractivity contribution in [3.05, 3.63) is 30.1 Å². The van der Waals surface area contributed by atoms with Crippen LogP contribution < -0.4 is 0 Å². The van der Waals surface area contributed by atoms with Crippen LogP contribution in [0, 0.1) is 0 Å².